The van der Waals surface area contributed by atoms with Gasteiger partial charge in [0, 0.05) is 73.7 Å². The zero-order valence-electron chi connectivity index (χ0n) is 32.8. The lowest BCUT2D eigenvalue weighted by atomic mass is 9.58. The molecule has 3 heterocycles. The van der Waals surface area contributed by atoms with E-state index in [1.807, 2.05) is 30.6 Å². The average molecular weight is 797 g/mol. The number of piperidine rings is 1. The number of rotatable bonds is 14. The van der Waals surface area contributed by atoms with Crippen molar-refractivity contribution in [2.75, 3.05) is 50.1 Å². The predicted octanol–water partition coefficient (Wildman–Crippen LogP) is 6.85. The number of carbonyl (C=O) groups excluding carboxylic acids is 2. The van der Waals surface area contributed by atoms with Gasteiger partial charge in [-0.3, -0.25) is 4.79 Å². The molecule has 0 bridgehead atoms. The monoisotopic (exact) mass is 796 g/mol. The van der Waals surface area contributed by atoms with Crippen LogP contribution < -0.4 is 15.5 Å². The molecule has 2 amide bonds. The van der Waals surface area contributed by atoms with Crippen molar-refractivity contribution in [3.8, 4) is 0 Å². The normalized spacial score (nSPS) is 20.4. The highest BCUT2D eigenvalue weighted by Gasteiger charge is 2.52. The van der Waals surface area contributed by atoms with Gasteiger partial charge >= 0.3 is 6.09 Å². The molecular weight excluding hydrogens is 744 g/mol. The molecule has 1 aromatic heterocycles. The number of hydrogen-bond donors (Lipinski definition) is 2. The minimum Gasteiger partial charge on any atom is -0.453 e. The molecule has 1 saturated carbocycles. The Kier molecular flexibility index (Phi) is 12.2. The van der Waals surface area contributed by atoms with E-state index in [-0.39, 0.29) is 33.5 Å². The van der Waals surface area contributed by atoms with Crippen LogP contribution in [0.5, 0.6) is 0 Å². The summed E-state index contributed by atoms with van der Waals surface area (Å²) in [5, 5.41) is 5.78. The lowest BCUT2D eigenvalue weighted by Gasteiger charge is -2.51. The van der Waals surface area contributed by atoms with Crippen LogP contribution in [0.1, 0.15) is 50.4 Å². The fourth-order valence-corrected chi connectivity index (χ4v) is 11.0. The number of nitrogens with one attached hydrogen (secondary N) is 2. The van der Waals surface area contributed by atoms with E-state index in [1.54, 1.807) is 30.3 Å². The molecule has 2 N–H and O–H groups in total. The second-order valence-electron chi connectivity index (χ2n) is 15.7. The van der Waals surface area contributed by atoms with Gasteiger partial charge in [0.15, 0.2) is 0 Å². The summed E-state index contributed by atoms with van der Waals surface area (Å²) < 4.78 is 49.3. The molecule has 3 aromatic carbocycles. The van der Waals surface area contributed by atoms with Crippen molar-refractivity contribution in [1.82, 2.24) is 19.8 Å². The SMILES string of the molecule is C=CC(=O)Nc1cccc(S(=O)(=O)c2ccc(N3CC(CN4CCC([C@@](Cn5ccnc5CC)(c5cccc(F)c5)[C@H]5CCC[C@@H]5NC(=O)OC)CC4)C3)cc2)c1. The highest BCUT2D eigenvalue weighted by Crippen LogP contribution is 2.52. The number of ether oxygens (including phenoxy) is 1. The van der Waals surface area contributed by atoms with Crippen molar-refractivity contribution in [2.45, 2.75) is 73.2 Å². The van der Waals surface area contributed by atoms with Crippen LogP contribution in [0.2, 0.25) is 0 Å². The van der Waals surface area contributed by atoms with Crippen molar-refractivity contribution < 1.29 is 27.1 Å². The fraction of sp³-hybridized carbons (Fsp3) is 0.432. The maximum atomic E-state index is 15.2. The van der Waals surface area contributed by atoms with E-state index < -0.39 is 27.3 Å². The molecule has 4 aromatic rings. The van der Waals surface area contributed by atoms with E-state index in [2.05, 4.69) is 49.6 Å². The van der Waals surface area contributed by atoms with Crippen LogP contribution in [-0.2, 0) is 37.7 Å². The van der Waals surface area contributed by atoms with Gasteiger partial charge in [-0.05, 0) is 117 Å². The van der Waals surface area contributed by atoms with E-state index in [0.29, 0.717) is 18.2 Å². The summed E-state index contributed by atoms with van der Waals surface area (Å²) in [4.78, 5) is 34.1. The number of methoxy groups -OCH3 is 1. The number of hydrogen-bond acceptors (Lipinski definition) is 8. The number of amides is 2. The topological polar surface area (TPSA) is 126 Å². The van der Waals surface area contributed by atoms with Gasteiger partial charge in [-0.1, -0.05) is 38.1 Å². The molecule has 302 valence electrons. The largest absolute Gasteiger partial charge is 0.453 e. The van der Waals surface area contributed by atoms with Gasteiger partial charge in [0.05, 0.1) is 16.9 Å². The van der Waals surface area contributed by atoms with Crippen molar-refractivity contribution >= 4 is 33.2 Å². The molecular formula is C44H53FN6O5S. The Morgan fingerprint density at radius 2 is 1.75 bits per heavy atom. The second kappa shape index (κ2) is 17.2. The number of nitrogens with zero attached hydrogens (tertiary/aromatic N) is 4. The van der Waals surface area contributed by atoms with Crippen LogP contribution in [0.3, 0.4) is 0 Å². The van der Waals surface area contributed by atoms with Crippen molar-refractivity contribution in [3.63, 3.8) is 0 Å². The third-order valence-electron chi connectivity index (χ3n) is 12.5. The molecule has 3 aliphatic rings. The molecule has 2 saturated heterocycles. The number of anilines is 2. The summed E-state index contributed by atoms with van der Waals surface area (Å²) in [5.74, 6) is 1.14. The van der Waals surface area contributed by atoms with Crippen LogP contribution in [0.4, 0.5) is 20.6 Å². The van der Waals surface area contributed by atoms with Crippen LogP contribution in [0, 0.1) is 23.6 Å². The van der Waals surface area contributed by atoms with Gasteiger partial charge in [-0.15, -0.1) is 0 Å². The van der Waals surface area contributed by atoms with E-state index in [4.69, 9.17) is 4.74 Å². The average Bonchev–Trinajstić information content (AvgIpc) is 3.87. The Hall–Kier alpha value is -5.01. The number of imidazole rings is 1. The number of aryl methyl sites for hydroxylation is 1. The summed E-state index contributed by atoms with van der Waals surface area (Å²) in [6.07, 6.45) is 10.0. The zero-order valence-corrected chi connectivity index (χ0v) is 33.6. The number of likely N-dealkylation sites (tertiary alicyclic amines) is 1. The maximum absolute atomic E-state index is 15.2. The Balaban J connectivity index is 1.03. The van der Waals surface area contributed by atoms with Gasteiger partial charge in [0.1, 0.15) is 11.6 Å². The van der Waals surface area contributed by atoms with E-state index in [1.165, 1.54) is 25.3 Å². The Labute approximate surface area is 335 Å². The number of alkyl carbamates (subject to hydrolysis) is 1. The van der Waals surface area contributed by atoms with Gasteiger partial charge in [0.25, 0.3) is 0 Å². The minimum atomic E-state index is -3.78. The van der Waals surface area contributed by atoms with Crippen molar-refractivity contribution in [1.29, 1.82) is 0 Å². The number of benzene rings is 3. The number of halogens is 1. The third kappa shape index (κ3) is 8.50. The van der Waals surface area contributed by atoms with Gasteiger partial charge in [0.2, 0.25) is 15.7 Å². The zero-order chi connectivity index (χ0) is 40.2. The Morgan fingerprint density at radius 3 is 2.46 bits per heavy atom. The lowest BCUT2D eigenvalue weighted by molar-refractivity contribution is -0.111. The van der Waals surface area contributed by atoms with E-state index >= 15 is 4.39 Å². The second-order valence-corrected chi connectivity index (χ2v) is 17.7. The van der Waals surface area contributed by atoms with Crippen LogP contribution >= 0.6 is 0 Å². The highest BCUT2D eigenvalue weighted by molar-refractivity contribution is 7.91. The van der Waals surface area contributed by atoms with Crippen molar-refractivity contribution in [3.05, 3.63) is 115 Å². The summed E-state index contributed by atoms with van der Waals surface area (Å²) >= 11 is 0. The molecule has 0 spiro atoms. The first kappa shape index (κ1) is 40.2. The summed E-state index contributed by atoms with van der Waals surface area (Å²) in [6.45, 7) is 10.8. The van der Waals surface area contributed by atoms with Gasteiger partial charge < -0.3 is 29.7 Å². The molecule has 0 unspecified atom stereocenters. The molecule has 2 aliphatic heterocycles. The number of aromatic nitrogens is 2. The smallest absolute Gasteiger partial charge is 0.407 e. The van der Waals surface area contributed by atoms with Crippen LogP contribution in [0.15, 0.2) is 108 Å². The third-order valence-corrected chi connectivity index (χ3v) is 14.2. The fourth-order valence-electron chi connectivity index (χ4n) is 9.71. The van der Waals surface area contributed by atoms with Crippen LogP contribution in [0.25, 0.3) is 0 Å². The highest BCUT2D eigenvalue weighted by atomic mass is 32.2. The quantitative estimate of drug-likeness (QED) is 0.133. The van der Waals surface area contributed by atoms with Gasteiger partial charge in [-0.25, -0.2) is 22.6 Å². The first-order valence-corrected chi connectivity index (χ1v) is 21.5. The standard InChI is InChI=1S/C44H53FN6O5S/c1-4-41-46-21-24-50(41)30-44(33-9-6-10-34(45)25-33,39-13-8-14-40(39)48-43(53)56-3)32-19-22-49(23-20-32)27-31-28-51(29-31)36-15-17-37(18-16-36)57(54,55)38-12-7-11-35(26-38)47-42(52)5-2/h5-7,9-12,15-18,21,24-26,31-32,39-40H,2,4,8,13-14,19-20,22-23,27-30H2,1,3H3,(H,47,52)(H,48,53)/t39-,40-,44-/m0/s1. The summed E-state index contributed by atoms with van der Waals surface area (Å²) in [6, 6.07) is 20.3. The van der Waals surface area contributed by atoms with E-state index in [0.717, 1.165) is 94.4 Å². The summed E-state index contributed by atoms with van der Waals surface area (Å²) in [7, 11) is -2.38. The molecule has 0 radical (unpaired) electrons. The number of carbonyl (C=O) groups is 2. The Morgan fingerprint density at radius 1 is 1.00 bits per heavy atom. The molecule has 3 fully saturated rings. The lowest BCUT2D eigenvalue weighted by Crippen LogP contribution is -2.56. The predicted molar refractivity (Wildman–Crippen MR) is 218 cm³/mol. The molecule has 13 heteroatoms. The number of sulfone groups is 1. The first-order chi connectivity index (χ1) is 27.5. The van der Waals surface area contributed by atoms with Gasteiger partial charge in [-0.2, -0.15) is 0 Å². The molecule has 3 atom stereocenters. The molecule has 11 nitrogen and oxygen atoms in total. The Bertz CT molecular complexity index is 2160. The maximum Gasteiger partial charge on any atom is 0.407 e. The van der Waals surface area contributed by atoms with Crippen molar-refractivity contribution in [2.24, 2.45) is 17.8 Å². The van der Waals surface area contributed by atoms with Crippen LogP contribution in [-0.4, -0.2) is 80.7 Å². The first-order valence-electron chi connectivity index (χ1n) is 20.0. The molecule has 7 rings (SSSR count). The molecule has 1 aliphatic carbocycles. The molecule has 57 heavy (non-hydrogen) atoms. The van der Waals surface area contributed by atoms with E-state index in [9.17, 15) is 18.0 Å². The minimum absolute atomic E-state index is 0.0822. The summed E-state index contributed by atoms with van der Waals surface area (Å²) in [5.41, 5.74) is 1.90.